The third-order valence-electron chi connectivity index (χ3n) is 3.48. The molecule has 0 aromatic heterocycles. The van der Waals surface area contributed by atoms with Crippen LogP contribution in [0.3, 0.4) is 0 Å². The van der Waals surface area contributed by atoms with Crippen LogP contribution < -0.4 is 11.1 Å². The van der Waals surface area contributed by atoms with Gasteiger partial charge in [0.2, 0.25) is 5.91 Å². The Bertz CT molecular complexity index is 227. The fourth-order valence-corrected chi connectivity index (χ4v) is 2.60. The number of rotatable bonds is 3. The van der Waals surface area contributed by atoms with Crippen LogP contribution in [0.25, 0.3) is 0 Å². The lowest BCUT2D eigenvalue weighted by Gasteiger charge is -2.29. The fourth-order valence-electron chi connectivity index (χ4n) is 2.60. The zero-order chi connectivity index (χ0) is 10.7. The van der Waals surface area contributed by atoms with Crippen LogP contribution in [0.15, 0.2) is 0 Å². The summed E-state index contributed by atoms with van der Waals surface area (Å²) in [5.41, 5.74) is 5.35. The third-order valence-corrected chi connectivity index (χ3v) is 3.48. The van der Waals surface area contributed by atoms with Gasteiger partial charge in [0, 0.05) is 24.6 Å². The first-order valence-electron chi connectivity index (χ1n) is 5.89. The maximum Gasteiger partial charge on any atom is 0.220 e. The van der Waals surface area contributed by atoms with Crippen molar-refractivity contribution in [1.82, 2.24) is 5.32 Å². The fraction of sp³-hybridized carbons (Fsp3) is 0.909. The van der Waals surface area contributed by atoms with Gasteiger partial charge in [-0.3, -0.25) is 4.79 Å². The molecule has 4 heteroatoms. The van der Waals surface area contributed by atoms with Crippen LogP contribution in [-0.2, 0) is 9.53 Å². The van der Waals surface area contributed by atoms with Crippen molar-refractivity contribution in [2.45, 2.75) is 44.2 Å². The zero-order valence-electron chi connectivity index (χ0n) is 9.08. The number of nitrogens with two attached hydrogens (primary N) is 1. The molecule has 2 fully saturated rings. The minimum absolute atomic E-state index is 0.0820. The molecule has 1 saturated carbocycles. The first kappa shape index (κ1) is 10.9. The first-order valence-corrected chi connectivity index (χ1v) is 5.89. The van der Waals surface area contributed by atoms with Gasteiger partial charge in [0.1, 0.15) is 0 Å². The Balaban J connectivity index is 1.79. The molecule has 1 aliphatic carbocycles. The molecule has 0 aromatic rings. The summed E-state index contributed by atoms with van der Waals surface area (Å²) in [7, 11) is 0. The van der Waals surface area contributed by atoms with Crippen molar-refractivity contribution in [1.29, 1.82) is 0 Å². The molecule has 0 spiro atoms. The van der Waals surface area contributed by atoms with Crippen molar-refractivity contribution in [2.75, 3.05) is 13.2 Å². The minimum Gasteiger partial charge on any atom is -0.380 e. The van der Waals surface area contributed by atoms with Gasteiger partial charge in [-0.25, -0.2) is 0 Å². The Morgan fingerprint density at radius 2 is 2.13 bits per heavy atom. The number of nitrogens with one attached hydrogen (secondary N) is 1. The van der Waals surface area contributed by atoms with E-state index in [0.717, 1.165) is 38.9 Å². The smallest absolute Gasteiger partial charge is 0.220 e. The lowest BCUT2D eigenvalue weighted by molar-refractivity contribution is -0.122. The molecule has 0 bridgehead atoms. The Labute approximate surface area is 90.5 Å². The molecule has 3 N–H and O–H groups in total. The molecule has 3 unspecified atom stereocenters. The standard InChI is InChI=1S/C11H20N2O2/c12-11(14)8-2-1-3-9(6-8)13-10-4-5-15-7-10/h8-10,13H,1-7H2,(H2,12,14). The number of hydrogen-bond acceptors (Lipinski definition) is 3. The minimum atomic E-state index is -0.135. The van der Waals surface area contributed by atoms with Gasteiger partial charge in [0.15, 0.2) is 0 Å². The van der Waals surface area contributed by atoms with E-state index < -0.39 is 0 Å². The monoisotopic (exact) mass is 212 g/mol. The highest BCUT2D eigenvalue weighted by molar-refractivity contribution is 5.76. The zero-order valence-corrected chi connectivity index (χ0v) is 9.08. The molecule has 1 amide bonds. The lowest BCUT2D eigenvalue weighted by atomic mass is 9.85. The van der Waals surface area contributed by atoms with Crippen LogP contribution >= 0.6 is 0 Å². The number of primary amides is 1. The van der Waals surface area contributed by atoms with Crippen molar-refractivity contribution in [3.05, 3.63) is 0 Å². The van der Waals surface area contributed by atoms with Gasteiger partial charge in [-0.2, -0.15) is 0 Å². The molecular weight excluding hydrogens is 192 g/mol. The van der Waals surface area contributed by atoms with Gasteiger partial charge in [-0.15, -0.1) is 0 Å². The molecule has 15 heavy (non-hydrogen) atoms. The maximum absolute atomic E-state index is 11.1. The van der Waals surface area contributed by atoms with Crippen LogP contribution in [0.1, 0.15) is 32.1 Å². The summed E-state index contributed by atoms with van der Waals surface area (Å²) < 4.78 is 5.32. The highest BCUT2D eigenvalue weighted by Gasteiger charge is 2.27. The molecule has 0 radical (unpaired) electrons. The largest absolute Gasteiger partial charge is 0.380 e. The highest BCUT2D eigenvalue weighted by Crippen LogP contribution is 2.24. The van der Waals surface area contributed by atoms with Gasteiger partial charge >= 0.3 is 0 Å². The number of ether oxygens (including phenoxy) is 1. The van der Waals surface area contributed by atoms with Crippen LogP contribution in [0.5, 0.6) is 0 Å². The normalized spacial score (nSPS) is 36.7. The van der Waals surface area contributed by atoms with Gasteiger partial charge in [0.25, 0.3) is 0 Å². The highest BCUT2D eigenvalue weighted by atomic mass is 16.5. The Morgan fingerprint density at radius 1 is 1.27 bits per heavy atom. The Morgan fingerprint density at radius 3 is 2.80 bits per heavy atom. The third kappa shape index (κ3) is 2.92. The van der Waals surface area contributed by atoms with Crippen molar-refractivity contribution in [3.63, 3.8) is 0 Å². The van der Waals surface area contributed by atoms with Gasteiger partial charge in [-0.1, -0.05) is 6.42 Å². The van der Waals surface area contributed by atoms with E-state index in [1.807, 2.05) is 0 Å². The van der Waals surface area contributed by atoms with Crippen LogP contribution in [0.2, 0.25) is 0 Å². The number of carbonyl (C=O) groups excluding carboxylic acids is 1. The number of carbonyl (C=O) groups is 1. The summed E-state index contributed by atoms with van der Waals surface area (Å²) in [6.45, 7) is 1.68. The first-order chi connectivity index (χ1) is 7.25. The molecule has 1 saturated heterocycles. The van der Waals surface area contributed by atoms with E-state index in [9.17, 15) is 4.79 Å². The van der Waals surface area contributed by atoms with Crippen LogP contribution in [0, 0.1) is 5.92 Å². The predicted molar refractivity (Wildman–Crippen MR) is 57.3 cm³/mol. The van der Waals surface area contributed by atoms with E-state index in [1.165, 1.54) is 6.42 Å². The van der Waals surface area contributed by atoms with E-state index in [2.05, 4.69) is 5.32 Å². The molecular formula is C11H20N2O2. The van der Waals surface area contributed by atoms with Crippen molar-refractivity contribution in [3.8, 4) is 0 Å². The van der Waals surface area contributed by atoms with Crippen molar-refractivity contribution < 1.29 is 9.53 Å². The average Bonchev–Trinajstić information content (AvgIpc) is 2.71. The Kier molecular flexibility index (Phi) is 3.59. The van der Waals surface area contributed by atoms with Gasteiger partial charge in [0.05, 0.1) is 6.61 Å². The van der Waals surface area contributed by atoms with E-state index in [4.69, 9.17) is 10.5 Å². The molecule has 4 nitrogen and oxygen atoms in total. The van der Waals surface area contributed by atoms with E-state index >= 15 is 0 Å². The molecule has 1 heterocycles. The SMILES string of the molecule is NC(=O)C1CCCC(NC2CCOC2)C1. The van der Waals surface area contributed by atoms with E-state index in [0.29, 0.717) is 12.1 Å². The van der Waals surface area contributed by atoms with E-state index in [-0.39, 0.29) is 11.8 Å². The quantitative estimate of drug-likeness (QED) is 0.712. The lowest BCUT2D eigenvalue weighted by Crippen LogP contribution is -2.43. The molecule has 86 valence electrons. The molecule has 0 aromatic carbocycles. The van der Waals surface area contributed by atoms with Crippen LogP contribution in [-0.4, -0.2) is 31.2 Å². The van der Waals surface area contributed by atoms with Crippen molar-refractivity contribution >= 4 is 5.91 Å². The summed E-state index contributed by atoms with van der Waals surface area (Å²) in [5, 5.41) is 3.57. The summed E-state index contributed by atoms with van der Waals surface area (Å²) in [4.78, 5) is 11.1. The van der Waals surface area contributed by atoms with Crippen molar-refractivity contribution in [2.24, 2.45) is 11.7 Å². The second kappa shape index (κ2) is 4.94. The molecule has 1 aliphatic heterocycles. The van der Waals surface area contributed by atoms with Gasteiger partial charge in [-0.05, 0) is 25.7 Å². The second-order valence-electron chi connectivity index (χ2n) is 4.69. The molecule has 2 rings (SSSR count). The molecule has 3 atom stereocenters. The summed E-state index contributed by atoms with van der Waals surface area (Å²) in [5.74, 6) is -0.0530. The Hall–Kier alpha value is -0.610. The summed E-state index contributed by atoms with van der Waals surface area (Å²) in [6, 6.07) is 0.949. The summed E-state index contributed by atoms with van der Waals surface area (Å²) >= 11 is 0. The maximum atomic E-state index is 11.1. The average molecular weight is 212 g/mol. The van der Waals surface area contributed by atoms with E-state index in [1.54, 1.807) is 0 Å². The predicted octanol–water partition coefficient (Wildman–Crippen LogP) is 0.409. The number of amides is 1. The second-order valence-corrected chi connectivity index (χ2v) is 4.69. The van der Waals surface area contributed by atoms with Crippen LogP contribution in [0.4, 0.5) is 0 Å². The topological polar surface area (TPSA) is 64.4 Å². The molecule has 2 aliphatic rings. The summed E-state index contributed by atoms with van der Waals surface area (Å²) in [6.07, 6.45) is 5.25. The number of hydrogen-bond donors (Lipinski definition) is 2. The van der Waals surface area contributed by atoms with Gasteiger partial charge < -0.3 is 15.8 Å².